The van der Waals surface area contributed by atoms with Crippen LogP contribution in [0.15, 0.2) is 121 Å². The van der Waals surface area contributed by atoms with Crippen molar-refractivity contribution in [2.75, 3.05) is 0 Å². The second-order valence-electron chi connectivity index (χ2n) is 9.36. The summed E-state index contributed by atoms with van der Waals surface area (Å²) in [6.45, 7) is 4.62. The SMILES string of the molecule is CC(CCc1ccccc1)Cc1ccccc1.CCC(CCc1ccccc1)c1ccccc1. The Labute approximate surface area is 207 Å². The van der Waals surface area contributed by atoms with Gasteiger partial charge in [0.2, 0.25) is 0 Å². The molecule has 4 rings (SSSR count). The van der Waals surface area contributed by atoms with Gasteiger partial charge in [-0.05, 0) is 72.6 Å². The molecule has 0 heterocycles. The Morgan fingerprint density at radius 2 is 0.912 bits per heavy atom. The molecule has 0 heteroatoms. The van der Waals surface area contributed by atoms with Crippen molar-refractivity contribution in [1.82, 2.24) is 0 Å². The molecule has 0 saturated heterocycles. The summed E-state index contributed by atoms with van der Waals surface area (Å²) in [6.07, 6.45) is 7.27. The number of hydrogen-bond acceptors (Lipinski definition) is 0. The van der Waals surface area contributed by atoms with Crippen LogP contribution in [0.4, 0.5) is 0 Å². The largest absolute Gasteiger partial charge is 0.0648 e. The molecule has 0 fully saturated rings. The van der Waals surface area contributed by atoms with Gasteiger partial charge in [0, 0.05) is 0 Å². The van der Waals surface area contributed by atoms with E-state index in [2.05, 4.69) is 135 Å². The molecular weight excluding hydrogens is 408 g/mol. The summed E-state index contributed by atoms with van der Waals surface area (Å²) in [5.41, 5.74) is 5.83. The molecule has 4 aromatic carbocycles. The van der Waals surface area contributed by atoms with Crippen molar-refractivity contribution in [1.29, 1.82) is 0 Å². The fraction of sp³-hybridized carbons (Fsp3) is 0.294. The van der Waals surface area contributed by atoms with Crippen molar-refractivity contribution < 1.29 is 0 Å². The highest BCUT2D eigenvalue weighted by Gasteiger charge is 2.08. The van der Waals surface area contributed by atoms with Gasteiger partial charge in [0.1, 0.15) is 0 Å². The third-order valence-corrected chi connectivity index (χ3v) is 6.58. The summed E-state index contributed by atoms with van der Waals surface area (Å²) in [5.74, 6) is 1.44. The van der Waals surface area contributed by atoms with Gasteiger partial charge in [-0.15, -0.1) is 0 Å². The maximum atomic E-state index is 2.34. The second kappa shape index (κ2) is 14.9. The van der Waals surface area contributed by atoms with Crippen LogP contribution in [-0.2, 0) is 19.3 Å². The standard InChI is InChI=1S/2C17H20/c1-15(14-17-10-6-3-7-11-17)12-13-16-8-4-2-5-9-16;1-2-16(17-11-7-4-8-12-17)14-13-15-9-5-3-6-10-15/h2-11,15H,12-14H2,1H3;3-12,16H,2,13-14H2,1H3. The Hall–Kier alpha value is -3.12. The molecule has 176 valence electrons. The Morgan fingerprint density at radius 1 is 0.500 bits per heavy atom. The van der Waals surface area contributed by atoms with Crippen LogP contribution in [0.2, 0.25) is 0 Å². The van der Waals surface area contributed by atoms with Gasteiger partial charge in [0.05, 0.1) is 0 Å². The summed E-state index contributed by atoms with van der Waals surface area (Å²) in [6, 6.07) is 43.2. The molecule has 0 aromatic heterocycles. The van der Waals surface area contributed by atoms with Crippen LogP contribution >= 0.6 is 0 Å². The highest BCUT2D eigenvalue weighted by molar-refractivity contribution is 5.21. The molecule has 0 nitrogen and oxygen atoms in total. The Bertz CT molecular complexity index is 1010. The van der Waals surface area contributed by atoms with Crippen LogP contribution in [0, 0.1) is 5.92 Å². The third-order valence-electron chi connectivity index (χ3n) is 6.58. The van der Waals surface area contributed by atoms with E-state index in [1.807, 2.05) is 0 Å². The van der Waals surface area contributed by atoms with Gasteiger partial charge in [0.15, 0.2) is 0 Å². The first-order chi connectivity index (χ1) is 16.7. The van der Waals surface area contributed by atoms with E-state index in [1.165, 1.54) is 60.8 Å². The van der Waals surface area contributed by atoms with Crippen molar-refractivity contribution in [3.8, 4) is 0 Å². The summed E-state index contributed by atoms with van der Waals surface area (Å²) in [4.78, 5) is 0. The number of aryl methyl sites for hydroxylation is 2. The number of rotatable bonds is 10. The first kappa shape index (κ1) is 25.5. The lowest BCUT2D eigenvalue weighted by molar-refractivity contribution is 0.530. The Balaban J connectivity index is 0.000000191. The quantitative estimate of drug-likeness (QED) is 0.227. The molecule has 0 radical (unpaired) electrons. The van der Waals surface area contributed by atoms with Crippen molar-refractivity contribution in [2.24, 2.45) is 5.92 Å². The van der Waals surface area contributed by atoms with E-state index >= 15 is 0 Å². The summed E-state index contributed by atoms with van der Waals surface area (Å²) < 4.78 is 0. The van der Waals surface area contributed by atoms with Gasteiger partial charge in [0.25, 0.3) is 0 Å². The fourth-order valence-electron chi connectivity index (χ4n) is 4.49. The molecule has 2 atom stereocenters. The van der Waals surface area contributed by atoms with Crippen LogP contribution in [0.1, 0.15) is 61.3 Å². The minimum atomic E-state index is 0.691. The zero-order valence-corrected chi connectivity index (χ0v) is 20.9. The monoisotopic (exact) mass is 448 g/mol. The molecule has 0 spiro atoms. The molecular formula is C34H40. The second-order valence-corrected chi connectivity index (χ2v) is 9.36. The van der Waals surface area contributed by atoms with E-state index in [1.54, 1.807) is 0 Å². The topological polar surface area (TPSA) is 0 Å². The van der Waals surface area contributed by atoms with Crippen molar-refractivity contribution in [3.05, 3.63) is 144 Å². The van der Waals surface area contributed by atoms with Crippen LogP contribution in [0.25, 0.3) is 0 Å². The van der Waals surface area contributed by atoms with Gasteiger partial charge in [-0.1, -0.05) is 135 Å². The van der Waals surface area contributed by atoms with Crippen molar-refractivity contribution >= 4 is 0 Å². The van der Waals surface area contributed by atoms with E-state index in [0.717, 1.165) is 5.92 Å². The number of hydrogen-bond donors (Lipinski definition) is 0. The summed E-state index contributed by atoms with van der Waals surface area (Å²) in [7, 11) is 0. The van der Waals surface area contributed by atoms with Gasteiger partial charge < -0.3 is 0 Å². The van der Waals surface area contributed by atoms with E-state index in [9.17, 15) is 0 Å². The van der Waals surface area contributed by atoms with Crippen LogP contribution in [0.5, 0.6) is 0 Å². The summed E-state index contributed by atoms with van der Waals surface area (Å²) >= 11 is 0. The molecule has 4 aromatic rings. The molecule has 0 saturated carbocycles. The van der Waals surface area contributed by atoms with Gasteiger partial charge >= 0.3 is 0 Å². The van der Waals surface area contributed by atoms with E-state index in [4.69, 9.17) is 0 Å². The molecule has 0 aliphatic rings. The maximum absolute atomic E-state index is 2.34. The maximum Gasteiger partial charge on any atom is -0.0161 e. The lowest BCUT2D eigenvalue weighted by Crippen LogP contribution is -2.01. The van der Waals surface area contributed by atoms with E-state index in [-0.39, 0.29) is 0 Å². The first-order valence-electron chi connectivity index (χ1n) is 12.9. The fourth-order valence-corrected chi connectivity index (χ4v) is 4.49. The van der Waals surface area contributed by atoms with Crippen LogP contribution < -0.4 is 0 Å². The van der Waals surface area contributed by atoms with Gasteiger partial charge in [-0.3, -0.25) is 0 Å². The first-order valence-corrected chi connectivity index (χ1v) is 12.9. The van der Waals surface area contributed by atoms with Gasteiger partial charge in [-0.2, -0.15) is 0 Å². The molecule has 0 aliphatic heterocycles. The zero-order chi connectivity index (χ0) is 23.8. The predicted octanol–water partition coefficient (Wildman–Crippen LogP) is 9.31. The zero-order valence-electron chi connectivity index (χ0n) is 20.9. The van der Waals surface area contributed by atoms with E-state index < -0.39 is 0 Å². The normalized spacial score (nSPS) is 12.3. The lowest BCUT2D eigenvalue weighted by atomic mass is 9.90. The van der Waals surface area contributed by atoms with Crippen LogP contribution in [-0.4, -0.2) is 0 Å². The Morgan fingerprint density at radius 3 is 1.38 bits per heavy atom. The summed E-state index contributed by atoms with van der Waals surface area (Å²) in [5, 5.41) is 0. The average molecular weight is 449 g/mol. The Kier molecular flexibility index (Phi) is 11.2. The van der Waals surface area contributed by atoms with Crippen molar-refractivity contribution in [2.45, 2.75) is 58.3 Å². The third kappa shape index (κ3) is 9.40. The highest BCUT2D eigenvalue weighted by atomic mass is 14.1. The molecule has 2 unspecified atom stereocenters. The number of benzene rings is 4. The van der Waals surface area contributed by atoms with E-state index in [0.29, 0.717) is 5.92 Å². The average Bonchev–Trinajstić information content (AvgIpc) is 2.91. The highest BCUT2D eigenvalue weighted by Crippen LogP contribution is 2.24. The van der Waals surface area contributed by atoms with Crippen molar-refractivity contribution in [3.63, 3.8) is 0 Å². The molecule has 34 heavy (non-hydrogen) atoms. The molecule has 0 bridgehead atoms. The smallest absolute Gasteiger partial charge is 0.0161 e. The van der Waals surface area contributed by atoms with Gasteiger partial charge in [-0.25, -0.2) is 0 Å². The minimum Gasteiger partial charge on any atom is -0.0648 e. The predicted molar refractivity (Wildman–Crippen MR) is 148 cm³/mol. The molecule has 0 aliphatic carbocycles. The van der Waals surface area contributed by atoms with Crippen LogP contribution in [0.3, 0.4) is 0 Å². The lowest BCUT2D eigenvalue weighted by Gasteiger charge is -2.15. The molecule has 0 amide bonds. The minimum absolute atomic E-state index is 0.691. The molecule has 0 N–H and O–H groups in total.